The van der Waals surface area contributed by atoms with E-state index in [9.17, 15) is 9.18 Å². The predicted octanol–water partition coefficient (Wildman–Crippen LogP) is 2.07. The van der Waals surface area contributed by atoms with Crippen molar-refractivity contribution >= 4 is 17.3 Å². The Morgan fingerprint density at radius 2 is 2.04 bits per heavy atom. The van der Waals surface area contributed by atoms with Crippen LogP contribution in [0.25, 0.3) is 11.4 Å². The van der Waals surface area contributed by atoms with Gasteiger partial charge in [-0.1, -0.05) is 24.3 Å². The van der Waals surface area contributed by atoms with E-state index in [4.69, 9.17) is 0 Å². The Bertz CT molecular complexity index is 863. The fourth-order valence-corrected chi connectivity index (χ4v) is 2.18. The number of aryl methyl sites for hydroxylation is 1. The van der Waals surface area contributed by atoms with Crippen LogP contribution in [0.15, 0.2) is 48.5 Å². The third-order valence-corrected chi connectivity index (χ3v) is 3.34. The first-order valence-corrected chi connectivity index (χ1v) is 7.24. The number of carbonyl (C=O) groups excluding carboxylic acids is 1. The third-order valence-electron chi connectivity index (χ3n) is 3.34. The normalized spacial score (nSPS) is 10.4. The molecule has 0 bridgehead atoms. The molecule has 7 nitrogen and oxygen atoms in total. The maximum absolute atomic E-state index is 13.5. The lowest BCUT2D eigenvalue weighted by Gasteiger charge is -2.09. The van der Waals surface area contributed by atoms with Crippen molar-refractivity contribution in [2.24, 2.45) is 7.05 Å². The summed E-state index contributed by atoms with van der Waals surface area (Å²) in [6, 6.07) is 13.4. The van der Waals surface area contributed by atoms with E-state index in [1.165, 1.54) is 12.1 Å². The van der Waals surface area contributed by atoms with Gasteiger partial charge in [-0.25, -0.2) is 9.07 Å². The zero-order chi connectivity index (χ0) is 16.9. The van der Waals surface area contributed by atoms with E-state index in [0.717, 1.165) is 11.3 Å². The monoisotopic (exact) mass is 326 g/mol. The summed E-state index contributed by atoms with van der Waals surface area (Å²) in [5.41, 5.74) is 1.71. The zero-order valence-electron chi connectivity index (χ0n) is 12.9. The van der Waals surface area contributed by atoms with Gasteiger partial charge in [0.1, 0.15) is 5.82 Å². The number of amides is 1. The molecule has 1 aromatic heterocycles. The fraction of sp³-hybridized carbons (Fsp3) is 0.125. The number of anilines is 2. The molecule has 1 amide bonds. The molecule has 0 aliphatic carbocycles. The van der Waals surface area contributed by atoms with Crippen LogP contribution in [0.5, 0.6) is 0 Å². The van der Waals surface area contributed by atoms with Crippen LogP contribution in [0, 0.1) is 5.82 Å². The number of hydrogen-bond donors (Lipinski definition) is 2. The van der Waals surface area contributed by atoms with Gasteiger partial charge in [0, 0.05) is 18.3 Å². The molecule has 0 aliphatic rings. The Labute approximate surface area is 137 Å². The van der Waals surface area contributed by atoms with E-state index in [1.54, 1.807) is 23.9 Å². The van der Waals surface area contributed by atoms with Crippen molar-refractivity contribution < 1.29 is 9.18 Å². The van der Waals surface area contributed by atoms with Gasteiger partial charge in [0.15, 0.2) is 5.82 Å². The lowest BCUT2D eigenvalue weighted by molar-refractivity contribution is -0.114. The van der Waals surface area contributed by atoms with Gasteiger partial charge >= 0.3 is 0 Å². The third kappa shape index (κ3) is 3.54. The van der Waals surface area contributed by atoms with Crippen LogP contribution in [0.2, 0.25) is 0 Å². The molecule has 0 unspecified atom stereocenters. The van der Waals surface area contributed by atoms with Gasteiger partial charge in [0.2, 0.25) is 5.91 Å². The van der Waals surface area contributed by atoms with Crippen LogP contribution >= 0.6 is 0 Å². The minimum Gasteiger partial charge on any atom is -0.376 e. The highest BCUT2D eigenvalue weighted by molar-refractivity contribution is 5.93. The van der Waals surface area contributed by atoms with Gasteiger partial charge in [0.05, 0.1) is 12.2 Å². The summed E-state index contributed by atoms with van der Waals surface area (Å²) in [6.45, 7) is 0.00878. The molecule has 0 atom stereocenters. The van der Waals surface area contributed by atoms with Crippen molar-refractivity contribution in [1.82, 2.24) is 20.2 Å². The highest BCUT2D eigenvalue weighted by Crippen LogP contribution is 2.19. The molecule has 3 rings (SSSR count). The Morgan fingerprint density at radius 1 is 1.21 bits per heavy atom. The van der Waals surface area contributed by atoms with Crippen molar-refractivity contribution in [2.45, 2.75) is 0 Å². The molecule has 0 spiro atoms. The van der Waals surface area contributed by atoms with E-state index in [1.807, 2.05) is 24.3 Å². The molecule has 1 heterocycles. The molecular weight excluding hydrogens is 311 g/mol. The Kier molecular flexibility index (Phi) is 4.46. The Morgan fingerprint density at radius 3 is 2.79 bits per heavy atom. The topological polar surface area (TPSA) is 84.7 Å². The second kappa shape index (κ2) is 6.86. The van der Waals surface area contributed by atoms with Crippen LogP contribution in [0.3, 0.4) is 0 Å². The van der Waals surface area contributed by atoms with Crippen molar-refractivity contribution in [1.29, 1.82) is 0 Å². The van der Waals surface area contributed by atoms with Gasteiger partial charge in [-0.3, -0.25) is 4.79 Å². The number of carbonyl (C=O) groups is 1. The molecule has 24 heavy (non-hydrogen) atoms. The van der Waals surface area contributed by atoms with E-state index in [-0.39, 0.29) is 18.1 Å². The molecule has 2 N–H and O–H groups in total. The molecule has 0 radical (unpaired) electrons. The van der Waals surface area contributed by atoms with Gasteiger partial charge in [-0.2, -0.15) is 0 Å². The first kappa shape index (κ1) is 15.6. The van der Waals surface area contributed by atoms with E-state index < -0.39 is 5.82 Å². The summed E-state index contributed by atoms with van der Waals surface area (Å²) in [5.74, 6) is -0.192. The quantitative estimate of drug-likeness (QED) is 0.750. The Hall–Kier alpha value is -3.29. The standard InChI is InChI=1S/C16H15FN6O/c1-23-16(20-21-22-23)11-5-4-6-12(9-11)18-10-15(24)19-14-8-3-2-7-13(14)17/h2-9,18H,10H2,1H3,(H,19,24). The number of nitrogens with zero attached hydrogens (tertiary/aromatic N) is 4. The number of hydrogen-bond acceptors (Lipinski definition) is 5. The second-order valence-electron chi connectivity index (χ2n) is 5.09. The molecule has 3 aromatic rings. The molecule has 0 aliphatic heterocycles. The fourth-order valence-electron chi connectivity index (χ4n) is 2.18. The Balaban J connectivity index is 1.64. The summed E-state index contributed by atoms with van der Waals surface area (Å²) in [7, 11) is 1.75. The van der Waals surface area contributed by atoms with Crippen molar-refractivity contribution in [2.75, 3.05) is 17.2 Å². The van der Waals surface area contributed by atoms with Crippen molar-refractivity contribution in [3.8, 4) is 11.4 Å². The molecule has 0 fully saturated rings. The van der Waals surface area contributed by atoms with Gasteiger partial charge in [-0.15, -0.1) is 5.10 Å². The SMILES string of the molecule is Cn1nnnc1-c1cccc(NCC(=O)Nc2ccccc2F)c1. The van der Waals surface area contributed by atoms with Crippen molar-refractivity contribution in [3.05, 3.63) is 54.3 Å². The average molecular weight is 326 g/mol. The number of halogens is 1. The van der Waals surface area contributed by atoms with Crippen LogP contribution < -0.4 is 10.6 Å². The summed E-state index contributed by atoms with van der Waals surface area (Å²) in [4.78, 5) is 11.9. The number of para-hydroxylation sites is 1. The lowest BCUT2D eigenvalue weighted by atomic mass is 10.2. The van der Waals surface area contributed by atoms with Gasteiger partial charge < -0.3 is 10.6 Å². The van der Waals surface area contributed by atoms with E-state index in [2.05, 4.69) is 26.2 Å². The first-order chi connectivity index (χ1) is 11.6. The maximum Gasteiger partial charge on any atom is 0.243 e. The summed E-state index contributed by atoms with van der Waals surface area (Å²) in [5, 5.41) is 16.8. The smallest absolute Gasteiger partial charge is 0.243 e. The minimum atomic E-state index is -0.470. The van der Waals surface area contributed by atoms with Crippen molar-refractivity contribution in [3.63, 3.8) is 0 Å². The van der Waals surface area contributed by atoms with Crippen LogP contribution in [0.1, 0.15) is 0 Å². The maximum atomic E-state index is 13.5. The van der Waals surface area contributed by atoms with E-state index >= 15 is 0 Å². The van der Waals surface area contributed by atoms with E-state index in [0.29, 0.717) is 5.82 Å². The van der Waals surface area contributed by atoms with Crippen LogP contribution in [-0.2, 0) is 11.8 Å². The number of benzene rings is 2. The van der Waals surface area contributed by atoms with Crippen LogP contribution in [0.4, 0.5) is 15.8 Å². The highest BCUT2D eigenvalue weighted by atomic mass is 19.1. The number of nitrogens with one attached hydrogen (secondary N) is 2. The lowest BCUT2D eigenvalue weighted by Crippen LogP contribution is -2.22. The molecule has 8 heteroatoms. The number of aromatic nitrogens is 4. The summed E-state index contributed by atoms with van der Waals surface area (Å²) < 4.78 is 15.1. The van der Waals surface area contributed by atoms with Gasteiger partial charge in [-0.05, 0) is 34.7 Å². The summed E-state index contributed by atoms with van der Waals surface area (Å²) in [6.07, 6.45) is 0. The summed E-state index contributed by atoms with van der Waals surface area (Å²) >= 11 is 0. The molecular formula is C16H15FN6O. The molecule has 0 saturated carbocycles. The molecule has 122 valence electrons. The second-order valence-corrected chi connectivity index (χ2v) is 5.09. The molecule has 0 saturated heterocycles. The zero-order valence-corrected chi connectivity index (χ0v) is 12.9. The average Bonchev–Trinajstić information content (AvgIpc) is 3.01. The largest absolute Gasteiger partial charge is 0.376 e. The first-order valence-electron chi connectivity index (χ1n) is 7.24. The minimum absolute atomic E-state index is 0.00878. The number of tetrazole rings is 1. The predicted molar refractivity (Wildman–Crippen MR) is 87.8 cm³/mol. The van der Waals surface area contributed by atoms with Gasteiger partial charge in [0.25, 0.3) is 0 Å². The van der Waals surface area contributed by atoms with Crippen LogP contribution in [-0.4, -0.2) is 32.7 Å². The highest BCUT2D eigenvalue weighted by Gasteiger charge is 2.08. The number of rotatable bonds is 5. The molecule has 2 aromatic carbocycles.